The first-order valence-corrected chi connectivity index (χ1v) is 6.69. The Morgan fingerprint density at radius 1 is 1.43 bits per heavy atom. The fourth-order valence-electron chi connectivity index (χ4n) is 1.96. The Morgan fingerprint density at radius 2 is 2.24 bits per heavy atom. The van der Waals surface area contributed by atoms with E-state index in [9.17, 15) is 4.79 Å². The van der Waals surface area contributed by atoms with Gasteiger partial charge >= 0.3 is 5.97 Å². The van der Waals surface area contributed by atoms with Crippen LogP contribution in [-0.2, 0) is 13.2 Å². The van der Waals surface area contributed by atoms with Crippen LogP contribution in [0.15, 0.2) is 30.6 Å². The lowest BCUT2D eigenvalue weighted by Crippen LogP contribution is -2.03. The molecule has 0 fully saturated rings. The molecule has 1 heterocycles. The highest BCUT2D eigenvalue weighted by atomic mass is 16.5. The molecule has 0 saturated heterocycles. The van der Waals surface area contributed by atoms with Crippen LogP contribution in [-0.4, -0.2) is 28.0 Å². The van der Waals surface area contributed by atoms with E-state index in [-0.39, 0.29) is 12.2 Å². The Balaban J connectivity index is 2.10. The fraction of sp³-hybridized carbons (Fsp3) is 0.333. The summed E-state index contributed by atoms with van der Waals surface area (Å²) < 4.78 is 12.7. The quantitative estimate of drug-likeness (QED) is 0.848. The minimum Gasteiger partial charge on any atom is -0.496 e. The lowest BCUT2D eigenvalue weighted by Gasteiger charge is -2.10. The molecule has 0 aliphatic rings. The number of hydrogen-bond acceptors (Lipinski definition) is 4. The number of aromatic carboxylic acids is 1. The zero-order valence-corrected chi connectivity index (χ0v) is 12.1. The van der Waals surface area contributed by atoms with Gasteiger partial charge in [-0.2, -0.15) is 5.10 Å². The van der Waals surface area contributed by atoms with Gasteiger partial charge in [-0.1, -0.05) is 6.92 Å². The van der Waals surface area contributed by atoms with Crippen LogP contribution in [0.5, 0.6) is 11.5 Å². The van der Waals surface area contributed by atoms with Gasteiger partial charge in [0.15, 0.2) is 5.75 Å². The number of ether oxygens (including phenoxy) is 2. The number of carbonyl (C=O) groups is 1. The molecular weight excluding hydrogens is 272 g/mol. The van der Waals surface area contributed by atoms with Gasteiger partial charge in [0.1, 0.15) is 12.4 Å². The Kier molecular flexibility index (Phi) is 4.81. The normalized spacial score (nSPS) is 10.4. The lowest BCUT2D eigenvalue weighted by molar-refractivity contribution is 0.0696. The van der Waals surface area contributed by atoms with Gasteiger partial charge in [-0.15, -0.1) is 0 Å². The maximum atomic E-state index is 11.0. The molecule has 1 N–H and O–H groups in total. The number of aromatic nitrogens is 2. The number of benzene rings is 1. The molecule has 1 aromatic heterocycles. The van der Waals surface area contributed by atoms with Crippen LogP contribution >= 0.6 is 0 Å². The number of methoxy groups -OCH3 is 1. The molecule has 0 bridgehead atoms. The summed E-state index contributed by atoms with van der Waals surface area (Å²) in [5, 5.41) is 13.2. The van der Waals surface area contributed by atoms with Crippen molar-refractivity contribution in [2.75, 3.05) is 7.11 Å². The zero-order valence-electron chi connectivity index (χ0n) is 12.1. The summed E-state index contributed by atoms with van der Waals surface area (Å²) >= 11 is 0. The van der Waals surface area contributed by atoms with Crippen LogP contribution in [0, 0.1) is 0 Å². The molecule has 0 amide bonds. The molecular formula is C15H18N2O4. The minimum atomic E-state index is -0.977. The first kappa shape index (κ1) is 14.9. The van der Waals surface area contributed by atoms with Crippen molar-refractivity contribution in [3.63, 3.8) is 0 Å². The van der Waals surface area contributed by atoms with Crippen molar-refractivity contribution in [3.05, 3.63) is 41.7 Å². The third kappa shape index (κ3) is 3.75. The largest absolute Gasteiger partial charge is 0.496 e. The van der Waals surface area contributed by atoms with E-state index >= 15 is 0 Å². The van der Waals surface area contributed by atoms with E-state index in [0.29, 0.717) is 17.1 Å². The Labute approximate surface area is 122 Å². The predicted octanol–water partition coefficient (Wildman–Crippen LogP) is 2.58. The van der Waals surface area contributed by atoms with E-state index in [1.54, 1.807) is 30.1 Å². The highest BCUT2D eigenvalue weighted by molar-refractivity contribution is 5.88. The minimum absolute atomic E-state index is 0.205. The van der Waals surface area contributed by atoms with Gasteiger partial charge in [0, 0.05) is 12.1 Å². The van der Waals surface area contributed by atoms with Crippen molar-refractivity contribution < 1.29 is 19.4 Å². The average Bonchev–Trinajstić information content (AvgIpc) is 2.92. The summed E-state index contributed by atoms with van der Waals surface area (Å²) in [6, 6.07) is 4.68. The molecule has 0 aliphatic carbocycles. The molecule has 2 rings (SSSR count). The van der Waals surface area contributed by atoms with Gasteiger partial charge in [0.25, 0.3) is 0 Å². The van der Waals surface area contributed by atoms with E-state index in [0.717, 1.165) is 13.0 Å². The highest BCUT2D eigenvalue weighted by Crippen LogP contribution is 2.22. The monoisotopic (exact) mass is 290 g/mol. The first-order chi connectivity index (χ1) is 10.1. The average molecular weight is 290 g/mol. The van der Waals surface area contributed by atoms with Crippen molar-refractivity contribution in [3.8, 4) is 11.5 Å². The van der Waals surface area contributed by atoms with E-state index in [1.807, 2.05) is 6.20 Å². The van der Waals surface area contributed by atoms with E-state index in [2.05, 4.69) is 12.0 Å². The van der Waals surface area contributed by atoms with E-state index < -0.39 is 5.97 Å². The number of nitrogens with zero attached hydrogens (tertiary/aromatic N) is 2. The molecule has 6 nitrogen and oxygen atoms in total. The summed E-state index contributed by atoms with van der Waals surface area (Å²) in [5.74, 6) is 0.266. The molecule has 0 atom stereocenters. The van der Waals surface area contributed by atoms with Crippen LogP contribution in [0.3, 0.4) is 0 Å². The van der Waals surface area contributed by atoms with Gasteiger partial charge in [-0.25, -0.2) is 4.79 Å². The first-order valence-electron chi connectivity index (χ1n) is 6.69. The third-order valence-corrected chi connectivity index (χ3v) is 2.98. The van der Waals surface area contributed by atoms with Crippen LogP contribution in [0.4, 0.5) is 0 Å². The van der Waals surface area contributed by atoms with Gasteiger partial charge < -0.3 is 14.6 Å². The van der Waals surface area contributed by atoms with Gasteiger partial charge in [0.05, 0.1) is 25.1 Å². The summed E-state index contributed by atoms with van der Waals surface area (Å²) in [7, 11) is 1.54. The number of rotatable bonds is 7. The Bertz CT molecular complexity index is 622. The molecule has 0 aliphatic heterocycles. The second kappa shape index (κ2) is 6.78. The predicted molar refractivity (Wildman–Crippen MR) is 76.8 cm³/mol. The molecule has 0 radical (unpaired) electrons. The summed E-state index contributed by atoms with van der Waals surface area (Å²) in [6.07, 6.45) is 4.45. The van der Waals surface area contributed by atoms with Crippen LogP contribution in [0.2, 0.25) is 0 Å². The molecule has 1 aromatic carbocycles. The van der Waals surface area contributed by atoms with Crippen LogP contribution < -0.4 is 9.47 Å². The zero-order chi connectivity index (χ0) is 15.2. The lowest BCUT2D eigenvalue weighted by atomic mass is 10.1. The third-order valence-electron chi connectivity index (χ3n) is 2.98. The topological polar surface area (TPSA) is 73.6 Å². The summed E-state index contributed by atoms with van der Waals surface area (Å²) in [4.78, 5) is 11.0. The van der Waals surface area contributed by atoms with Crippen LogP contribution in [0.25, 0.3) is 0 Å². The second-order valence-electron chi connectivity index (χ2n) is 4.56. The van der Waals surface area contributed by atoms with Crippen molar-refractivity contribution in [2.24, 2.45) is 0 Å². The highest BCUT2D eigenvalue weighted by Gasteiger charge is 2.10. The van der Waals surface area contributed by atoms with Crippen LogP contribution in [0.1, 0.15) is 29.3 Å². The maximum absolute atomic E-state index is 11.0. The number of carboxylic acids is 1. The maximum Gasteiger partial charge on any atom is 0.335 e. The van der Waals surface area contributed by atoms with Crippen molar-refractivity contribution in [1.82, 2.24) is 9.78 Å². The van der Waals surface area contributed by atoms with Gasteiger partial charge in [0.2, 0.25) is 0 Å². The number of carboxylic acid groups (broad SMARTS) is 1. The molecule has 6 heteroatoms. The smallest absolute Gasteiger partial charge is 0.335 e. The van der Waals surface area contributed by atoms with E-state index in [1.165, 1.54) is 6.07 Å². The van der Waals surface area contributed by atoms with Crippen molar-refractivity contribution in [1.29, 1.82) is 0 Å². The molecule has 2 aromatic rings. The van der Waals surface area contributed by atoms with Crippen molar-refractivity contribution in [2.45, 2.75) is 26.5 Å². The number of hydrogen-bond donors (Lipinski definition) is 1. The van der Waals surface area contributed by atoms with Gasteiger partial charge in [-0.05, 0) is 24.6 Å². The van der Waals surface area contributed by atoms with Crippen molar-refractivity contribution >= 4 is 5.97 Å². The molecule has 112 valence electrons. The summed E-state index contributed by atoms with van der Waals surface area (Å²) in [5.41, 5.74) is 0.886. The molecule has 0 saturated carbocycles. The Morgan fingerprint density at radius 3 is 2.90 bits per heavy atom. The standard InChI is InChI=1S/C15H18N2O4/c1-3-6-17-9-13(8-16-17)21-10-12-7-11(15(18)19)4-5-14(12)20-2/h4-5,7-9H,3,6,10H2,1-2H3,(H,18,19). The summed E-state index contributed by atoms with van der Waals surface area (Å²) in [6.45, 7) is 3.13. The van der Waals surface area contributed by atoms with Gasteiger partial charge in [-0.3, -0.25) is 4.68 Å². The van der Waals surface area contributed by atoms with E-state index in [4.69, 9.17) is 14.6 Å². The molecule has 0 unspecified atom stereocenters. The number of aryl methyl sites for hydroxylation is 1. The SMILES string of the molecule is CCCn1cc(OCc2cc(C(=O)O)ccc2OC)cn1. The Hall–Kier alpha value is -2.50. The second-order valence-corrected chi connectivity index (χ2v) is 4.56. The fourth-order valence-corrected chi connectivity index (χ4v) is 1.96. The molecule has 21 heavy (non-hydrogen) atoms. The molecule has 0 spiro atoms.